The Bertz CT molecular complexity index is 825. The molecule has 1 aliphatic heterocycles. The van der Waals surface area contributed by atoms with Crippen LogP contribution in [-0.2, 0) is 5.60 Å². The highest BCUT2D eigenvalue weighted by Gasteiger charge is 2.41. The molecule has 3 heterocycles. The molecule has 1 atom stereocenters. The maximum atomic E-state index is 12.6. The minimum atomic E-state index is -1.13. The summed E-state index contributed by atoms with van der Waals surface area (Å²) >= 11 is 0. The molecule has 1 aromatic carbocycles. The van der Waals surface area contributed by atoms with E-state index in [2.05, 4.69) is 20.4 Å². The smallest absolute Gasteiger partial charge is 0.254 e. The molecule has 0 unspecified atom stereocenters. The van der Waals surface area contributed by atoms with Gasteiger partial charge in [0.15, 0.2) is 0 Å². The van der Waals surface area contributed by atoms with Gasteiger partial charge in [-0.2, -0.15) is 15.4 Å². The Kier molecular flexibility index (Phi) is 2.77. The zero-order valence-electron chi connectivity index (χ0n) is 11.8. The number of nitrogens with zero attached hydrogens (tertiary/aromatic N) is 3. The highest BCUT2D eigenvalue weighted by Crippen LogP contribution is 2.31. The van der Waals surface area contributed by atoms with Crippen LogP contribution < -0.4 is 0 Å². The van der Waals surface area contributed by atoms with Gasteiger partial charge in [0.2, 0.25) is 0 Å². The second-order valence-electron chi connectivity index (χ2n) is 5.64. The molecule has 0 radical (unpaired) electrons. The van der Waals surface area contributed by atoms with Crippen molar-refractivity contribution < 1.29 is 9.90 Å². The second kappa shape index (κ2) is 4.67. The Morgan fingerprint density at radius 3 is 3.09 bits per heavy atom. The van der Waals surface area contributed by atoms with Crippen molar-refractivity contribution in [3.05, 3.63) is 47.9 Å². The van der Waals surface area contributed by atoms with Crippen molar-refractivity contribution in [1.29, 1.82) is 0 Å². The van der Waals surface area contributed by atoms with Crippen molar-refractivity contribution >= 4 is 16.8 Å². The number of aliphatic hydroxyl groups is 1. The van der Waals surface area contributed by atoms with Gasteiger partial charge < -0.3 is 15.0 Å². The fourth-order valence-electron chi connectivity index (χ4n) is 2.97. The van der Waals surface area contributed by atoms with E-state index in [4.69, 9.17) is 0 Å². The standard InChI is InChI=1S/C15H15N5O2/c21-14(11-2-1-10-3-5-16-12(10)7-11)20-6-4-15(22,9-20)13-8-17-19-18-13/h1-3,5,7-8,16,22H,4,6,9H2,(H,17,18,19)/t15-/m0/s1. The van der Waals surface area contributed by atoms with E-state index in [1.807, 2.05) is 30.5 Å². The third-order valence-electron chi connectivity index (χ3n) is 4.23. The molecule has 7 heteroatoms. The van der Waals surface area contributed by atoms with E-state index >= 15 is 0 Å². The molecule has 1 amide bonds. The number of carbonyl (C=O) groups excluding carboxylic acids is 1. The van der Waals surface area contributed by atoms with Crippen molar-refractivity contribution in [2.24, 2.45) is 0 Å². The van der Waals surface area contributed by atoms with E-state index in [1.165, 1.54) is 6.20 Å². The number of β-amino-alcohol motifs (C(OH)–C–C–N with tert-alkyl or cyclic N) is 1. The minimum absolute atomic E-state index is 0.0871. The van der Waals surface area contributed by atoms with Gasteiger partial charge in [-0.25, -0.2) is 0 Å². The van der Waals surface area contributed by atoms with Crippen LogP contribution in [0.3, 0.4) is 0 Å². The quantitative estimate of drug-likeness (QED) is 0.657. The van der Waals surface area contributed by atoms with Crippen LogP contribution in [0, 0.1) is 0 Å². The molecule has 1 fully saturated rings. The maximum Gasteiger partial charge on any atom is 0.254 e. The van der Waals surface area contributed by atoms with Gasteiger partial charge in [0.25, 0.3) is 5.91 Å². The van der Waals surface area contributed by atoms with Crippen molar-refractivity contribution in [1.82, 2.24) is 25.3 Å². The predicted molar refractivity (Wildman–Crippen MR) is 79.1 cm³/mol. The number of hydrogen-bond acceptors (Lipinski definition) is 4. The number of hydrogen-bond donors (Lipinski definition) is 3. The lowest BCUT2D eigenvalue weighted by atomic mass is 10.00. The fraction of sp³-hybridized carbons (Fsp3) is 0.267. The van der Waals surface area contributed by atoms with Crippen LogP contribution in [0.2, 0.25) is 0 Å². The Labute approximate surface area is 125 Å². The molecule has 1 saturated heterocycles. The lowest BCUT2D eigenvalue weighted by Gasteiger charge is -2.21. The molecule has 0 aliphatic carbocycles. The topological polar surface area (TPSA) is 97.9 Å². The normalized spacial score (nSPS) is 21.6. The molecule has 22 heavy (non-hydrogen) atoms. The highest BCUT2D eigenvalue weighted by molar-refractivity contribution is 5.98. The molecule has 1 aliphatic rings. The van der Waals surface area contributed by atoms with Gasteiger partial charge in [0.05, 0.1) is 12.7 Å². The third kappa shape index (κ3) is 1.98. The number of carbonyl (C=O) groups is 1. The summed E-state index contributed by atoms with van der Waals surface area (Å²) in [5.41, 5.74) is 0.887. The molecule has 3 N–H and O–H groups in total. The third-order valence-corrected chi connectivity index (χ3v) is 4.23. The SMILES string of the molecule is O=C(c1ccc2cc[nH]c2c1)N1CC[C@@](O)(c2cn[nH]n2)C1. The van der Waals surface area contributed by atoms with Gasteiger partial charge in [0, 0.05) is 30.2 Å². The van der Waals surface area contributed by atoms with Crippen molar-refractivity contribution in [3.63, 3.8) is 0 Å². The van der Waals surface area contributed by atoms with E-state index in [9.17, 15) is 9.90 Å². The number of likely N-dealkylation sites (tertiary alicyclic amines) is 1. The molecular formula is C15H15N5O2. The van der Waals surface area contributed by atoms with Gasteiger partial charge in [-0.3, -0.25) is 4.79 Å². The van der Waals surface area contributed by atoms with Crippen LogP contribution in [0.1, 0.15) is 22.5 Å². The van der Waals surface area contributed by atoms with Gasteiger partial charge >= 0.3 is 0 Å². The summed E-state index contributed by atoms with van der Waals surface area (Å²) in [7, 11) is 0. The van der Waals surface area contributed by atoms with Crippen LogP contribution in [0.5, 0.6) is 0 Å². The number of fused-ring (bicyclic) bond motifs is 1. The zero-order valence-corrected chi connectivity index (χ0v) is 11.8. The number of benzene rings is 1. The lowest BCUT2D eigenvalue weighted by Crippen LogP contribution is -2.34. The molecule has 112 valence electrons. The summed E-state index contributed by atoms with van der Waals surface area (Å²) in [6, 6.07) is 7.53. The Morgan fingerprint density at radius 2 is 2.27 bits per heavy atom. The number of rotatable bonds is 2. The van der Waals surface area contributed by atoms with Crippen LogP contribution in [0.15, 0.2) is 36.7 Å². The summed E-state index contributed by atoms with van der Waals surface area (Å²) < 4.78 is 0. The molecular weight excluding hydrogens is 282 g/mol. The van der Waals surface area contributed by atoms with E-state index in [1.54, 1.807) is 4.90 Å². The van der Waals surface area contributed by atoms with Gasteiger partial charge in [-0.1, -0.05) is 6.07 Å². The number of amides is 1. The van der Waals surface area contributed by atoms with E-state index in [0.717, 1.165) is 10.9 Å². The van der Waals surface area contributed by atoms with Crippen LogP contribution in [-0.4, -0.2) is 49.4 Å². The average Bonchev–Trinajstić information content (AvgIpc) is 3.26. The molecule has 4 rings (SSSR count). The monoisotopic (exact) mass is 297 g/mol. The average molecular weight is 297 g/mol. The Balaban J connectivity index is 1.58. The molecule has 0 bridgehead atoms. The minimum Gasteiger partial charge on any atom is -0.381 e. The van der Waals surface area contributed by atoms with Crippen molar-refractivity contribution in [2.45, 2.75) is 12.0 Å². The first-order chi connectivity index (χ1) is 10.7. The molecule has 7 nitrogen and oxygen atoms in total. The predicted octanol–water partition coefficient (Wildman–Crippen LogP) is 1.02. The summed E-state index contributed by atoms with van der Waals surface area (Å²) in [5, 5.41) is 21.9. The Morgan fingerprint density at radius 1 is 1.36 bits per heavy atom. The number of nitrogens with one attached hydrogen (secondary N) is 2. The summed E-state index contributed by atoms with van der Waals surface area (Å²) in [6.45, 7) is 0.714. The Hall–Kier alpha value is -2.67. The second-order valence-corrected chi connectivity index (χ2v) is 5.64. The van der Waals surface area contributed by atoms with Crippen LogP contribution in [0.4, 0.5) is 0 Å². The number of H-pyrrole nitrogens is 2. The van der Waals surface area contributed by atoms with Gasteiger partial charge in [0.1, 0.15) is 11.3 Å². The van der Waals surface area contributed by atoms with Crippen LogP contribution >= 0.6 is 0 Å². The molecule has 3 aromatic rings. The summed E-state index contributed by atoms with van der Waals surface area (Å²) in [6.07, 6.45) is 3.80. The largest absolute Gasteiger partial charge is 0.381 e. The molecule has 0 saturated carbocycles. The van der Waals surface area contributed by atoms with Crippen LogP contribution in [0.25, 0.3) is 10.9 Å². The first-order valence-electron chi connectivity index (χ1n) is 7.11. The first-order valence-corrected chi connectivity index (χ1v) is 7.11. The molecule has 2 aromatic heterocycles. The van der Waals surface area contributed by atoms with Crippen molar-refractivity contribution in [2.75, 3.05) is 13.1 Å². The molecule has 0 spiro atoms. The van der Waals surface area contributed by atoms with Gasteiger partial charge in [-0.15, -0.1) is 0 Å². The maximum absolute atomic E-state index is 12.6. The lowest BCUT2D eigenvalue weighted by molar-refractivity contribution is 0.0382. The first kappa shape index (κ1) is 13.0. The highest BCUT2D eigenvalue weighted by atomic mass is 16.3. The van der Waals surface area contributed by atoms with E-state index in [0.29, 0.717) is 24.2 Å². The fourth-order valence-corrected chi connectivity index (χ4v) is 2.97. The number of aromatic amines is 2. The van der Waals surface area contributed by atoms with E-state index in [-0.39, 0.29) is 12.5 Å². The number of aromatic nitrogens is 4. The summed E-state index contributed by atoms with van der Waals surface area (Å²) in [5.74, 6) is -0.0871. The summed E-state index contributed by atoms with van der Waals surface area (Å²) in [4.78, 5) is 17.4. The van der Waals surface area contributed by atoms with E-state index < -0.39 is 5.60 Å². The van der Waals surface area contributed by atoms with Gasteiger partial charge in [-0.05, 0) is 23.6 Å². The van der Waals surface area contributed by atoms with Crippen molar-refractivity contribution in [3.8, 4) is 0 Å². The zero-order chi connectivity index (χ0) is 15.2.